The monoisotopic (exact) mass is 296 g/mol. The van der Waals surface area contributed by atoms with Crippen LogP contribution in [0.15, 0.2) is 30.3 Å². The minimum absolute atomic E-state index is 0.737. The number of hydrogen-bond acceptors (Lipinski definition) is 0. The van der Waals surface area contributed by atoms with Crippen LogP contribution >= 0.6 is 3.85 Å². The second-order valence-electron chi connectivity index (χ2n) is 2.23. The van der Waals surface area contributed by atoms with Gasteiger partial charge in [0.1, 0.15) is 0 Å². The quantitative estimate of drug-likeness (QED) is 0.736. The Hall–Kier alpha value is 0.936. The van der Waals surface area contributed by atoms with Crippen LogP contribution in [0.5, 0.6) is 0 Å². The summed E-state index contributed by atoms with van der Waals surface area (Å²) in [6.45, 7) is 2.27. The molecule has 0 heterocycles. The average Bonchev–Trinajstić information content (AvgIpc) is 2.05. The molecule has 1 aromatic rings. The molecule has 0 nitrogen and oxygen atoms in total. The summed E-state index contributed by atoms with van der Waals surface area (Å²) in [5.41, 5.74) is 2.20. The van der Waals surface area contributed by atoms with Crippen molar-refractivity contribution in [2.45, 2.75) is 12.6 Å². The Kier molecular flexibility index (Phi) is 4.28. The van der Waals surface area contributed by atoms with Crippen molar-refractivity contribution in [3.05, 3.63) is 35.9 Å². The van der Waals surface area contributed by atoms with Gasteiger partial charge in [0.05, 0.1) is 0 Å². The zero-order chi connectivity index (χ0) is 7.40. The van der Waals surface area contributed by atoms with Crippen molar-refractivity contribution < 1.29 is 35.9 Å². The molecule has 2 atom stereocenters. The SMILES string of the molecule is CC([PH][Tb])c1ccccc1. The van der Waals surface area contributed by atoms with Gasteiger partial charge < -0.3 is 0 Å². The molecule has 0 amide bonds. The van der Waals surface area contributed by atoms with E-state index in [-0.39, 0.29) is 0 Å². The molecule has 0 spiro atoms. The molecule has 0 aliphatic rings. The summed E-state index contributed by atoms with van der Waals surface area (Å²) in [7, 11) is 0. The van der Waals surface area contributed by atoms with E-state index < -0.39 is 0 Å². The molecule has 0 aliphatic heterocycles. The van der Waals surface area contributed by atoms with E-state index in [0.29, 0.717) is 0 Å². The second-order valence-corrected chi connectivity index (χ2v) is 5.14. The average molecular weight is 296 g/mol. The maximum absolute atomic E-state index is 2.27. The van der Waals surface area contributed by atoms with Crippen LogP contribution in [-0.2, 0) is 0 Å². The van der Waals surface area contributed by atoms with Gasteiger partial charge in [0, 0.05) is 0 Å². The molecule has 10 heavy (non-hydrogen) atoms. The second kappa shape index (κ2) is 4.74. The predicted octanol–water partition coefficient (Wildman–Crippen LogP) is 2.89. The zero-order valence-corrected chi connectivity index (χ0v) is 8.94. The Morgan fingerprint density at radius 3 is 2.40 bits per heavy atom. The fourth-order valence-electron chi connectivity index (χ4n) is 0.797. The third-order valence-corrected chi connectivity index (χ3v) is 4.84. The van der Waals surface area contributed by atoms with Crippen molar-refractivity contribution in [3.8, 4) is 0 Å². The summed E-state index contributed by atoms with van der Waals surface area (Å²) in [4.78, 5) is 0. The first-order chi connectivity index (χ1) is 4.84. The topological polar surface area (TPSA) is 0 Å². The van der Waals surface area contributed by atoms with Crippen LogP contribution in [0.3, 0.4) is 0 Å². The van der Waals surface area contributed by atoms with Gasteiger partial charge in [-0.1, -0.05) is 0 Å². The van der Waals surface area contributed by atoms with E-state index in [1.807, 2.05) is 0 Å². The summed E-state index contributed by atoms with van der Waals surface area (Å²) in [6.07, 6.45) is 0. The van der Waals surface area contributed by atoms with E-state index in [1.165, 1.54) is 5.56 Å². The standard InChI is InChI=1S/C8H10P.Tb/c1-7(9)8-5-3-2-4-6-8;/h2-7,9H,1H3;/q-1;+1. The van der Waals surface area contributed by atoms with Crippen molar-refractivity contribution >= 4 is 3.85 Å². The van der Waals surface area contributed by atoms with Crippen molar-refractivity contribution in [1.29, 1.82) is 0 Å². The van der Waals surface area contributed by atoms with Gasteiger partial charge >= 0.3 is 88.2 Å². The normalized spacial score (nSPS) is 14.3. The van der Waals surface area contributed by atoms with Gasteiger partial charge in [-0.2, -0.15) is 0 Å². The van der Waals surface area contributed by atoms with Crippen LogP contribution in [0, 0.1) is 35.9 Å². The summed E-state index contributed by atoms with van der Waals surface area (Å²) in [5.74, 6) is 0. The molecule has 0 N–H and O–H groups in total. The molecule has 0 saturated carbocycles. The van der Waals surface area contributed by atoms with Gasteiger partial charge in [-0.25, -0.2) is 0 Å². The Morgan fingerprint density at radius 1 is 1.30 bits per heavy atom. The minimum atomic E-state index is 0.737. The first kappa shape index (κ1) is 9.03. The number of benzene rings is 1. The van der Waals surface area contributed by atoms with Gasteiger partial charge in [0.15, 0.2) is 0 Å². The van der Waals surface area contributed by atoms with Gasteiger partial charge in [-0.05, 0) is 0 Å². The number of hydrogen-bond donors (Lipinski definition) is 0. The summed E-state index contributed by atoms with van der Waals surface area (Å²) < 4.78 is 1.01. The van der Waals surface area contributed by atoms with Crippen LogP contribution in [0.4, 0.5) is 0 Å². The third kappa shape index (κ3) is 2.52. The van der Waals surface area contributed by atoms with Gasteiger partial charge in [-0.3, -0.25) is 0 Å². The Bertz CT molecular complexity index is 186. The summed E-state index contributed by atoms with van der Waals surface area (Å²) in [6, 6.07) is 10.7. The molecule has 0 fully saturated rings. The molecular weight excluding hydrogens is 286 g/mol. The van der Waals surface area contributed by atoms with Crippen molar-refractivity contribution in [1.82, 2.24) is 0 Å². The van der Waals surface area contributed by atoms with E-state index in [9.17, 15) is 0 Å². The molecule has 1 rings (SSSR count). The maximum atomic E-state index is 2.27. The third-order valence-electron chi connectivity index (χ3n) is 1.44. The fourth-order valence-corrected chi connectivity index (χ4v) is 2.17. The van der Waals surface area contributed by atoms with Gasteiger partial charge in [-0.15, -0.1) is 0 Å². The van der Waals surface area contributed by atoms with E-state index >= 15 is 0 Å². The van der Waals surface area contributed by atoms with E-state index in [4.69, 9.17) is 0 Å². The molecule has 0 aliphatic carbocycles. The molecule has 0 aromatic heterocycles. The molecule has 0 radical (unpaired) electrons. The molecule has 56 valence electrons. The summed E-state index contributed by atoms with van der Waals surface area (Å²) >= 11 is 2.25. The predicted molar refractivity (Wildman–Crippen MR) is 43.2 cm³/mol. The van der Waals surface area contributed by atoms with E-state index in [2.05, 4.69) is 73.1 Å². The van der Waals surface area contributed by atoms with Crippen LogP contribution < -0.4 is 0 Å². The fraction of sp³-hybridized carbons (Fsp3) is 0.250. The van der Waals surface area contributed by atoms with E-state index in [1.54, 1.807) is 0 Å². The van der Waals surface area contributed by atoms with Crippen LogP contribution in [0.2, 0.25) is 0 Å². The molecular formula is C8H10PTb. The van der Waals surface area contributed by atoms with Crippen LogP contribution in [0.1, 0.15) is 18.1 Å². The summed E-state index contributed by atoms with van der Waals surface area (Å²) in [5, 5.41) is 0. The Labute approximate surface area is 87.3 Å². The molecule has 0 bridgehead atoms. The Morgan fingerprint density at radius 2 is 1.90 bits per heavy atom. The molecule has 2 unspecified atom stereocenters. The van der Waals surface area contributed by atoms with Crippen LogP contribution in [0.25, 0.3) is 0 Å². The van der Waals surface area contributed by atoms with E-state index in [0.717, 1.165) is 9.51 Å². The zero-order valence-electron chi connectivity index (χ0n) is 5.80. The van der Waals surface area contributed by atoms with Crippen LogP contribution in [-0.4, -0.2) is 0 Å². The van der Waals surface area contributed by atoms with Gasteiger partial charge in [0.25, 0.3) is 0 Å². The molecule has 2 heteroatoms. The van der Waals surface area contributed by atoms with Crippen molar-refractivity contribution in [2.75, 3.05) is 0 Å². The van der Waals surface area contributed by atoms with Crippen molar-refractivity contribution in [3.63, 3.8) is 0 Å². The molecule has 1 aromatic carbocycles. The molecule has 0 saturated heterocycles. The first-order valence-corrected chi connectivity index (χ1v) is 7.35. The Balaban J connectivity index is 2.75. The van der Waals surface area contributed by atoms with Crippen molar-refractivity contribution in [2.24, 2.45) is 0 Å². The first-order valence-electron chi connectivity index (χ1n) is 3.23. The number of rotatable bonds is 2. The van der Waals surface area contributed by atoms with Gasteiger partial charge in [0.2, 0.25) is 0 Å².